The molecule has 0 spiro atoms. The SMILES string of the molecule is O=C(Nc1cccc(SCC(=O)N2c3ccccc3Sc3ccccc32)c1)c1ccccc1F. The van der Waals surface area contributed by atoms with Gasteiger partial charge in [-0.1, -0.05) is 54.2 Å². The highest BCUT2D eigenvalue weighted by Crippen LogP contribution is 2.48. The molecule has 1 aliphatic heterocycles. The maximum Gasteiger partial charge on any atom is 0.258 e. The molecule has 0 fully saturated rings. The van der Waals surface area contributed by atoms with Crippen LogP contribution in [0.2, 0.25) is 0 Å². The summed E-state index contributed by atoms with van der Waals surface area (Å²) in [7, 11) is 0. The lowest BCUT2D eigenvalue weighted by molar-refractivity contribution is -0.115. The summed E-state index contributed by atoms with van der Waals surface area (Å²) < 4.78 is 13.9. The molecule has 0 radical (unpaired) electrons. The highest BCUT2D eigenvalue weighted by Gasteiger charge is 2.27. The molecular formula is C27H19FN2O2S2. The van der Waals surface area contributed by atoms with E-state index < -0.39 is 11.7 Å². The topological polar surface area (TPSA) is 49.4 Å². The Morgan fingerprint density at radius 1 is 0.824 bits per heavy atom. The average Bonchev–Trinajstić information content (AvgIpc) is 2.86. The van der Waals surface area contributed by atoms with Gasteiger partial charge in [0.2, 0.25) is 5.91 Å². The molecule has 4 aromatic rings. The molecule has 0 bridgehead atoms. The van der Waals surface area contributed by atoms with E-state index in [1.807, 2.05) is 54.6 Å². The number of nitrogens with zero attached hydrogens (tertiary/aromatic N) is 1. The highest BCUT2D eigenvalue weighted by atomic mass is 32.2. The molecule has 0 saturated carbocycles. The smallest absolute Gasteiger partial charge is 0.258 e. The van der Waals surface area contributed by atoms with Crippen molar-refractivity contribution < 1.29 is 14.0 Å². The largest absolute Gasteiger partial charge is 0.322 e. The van der Waals surface area contributed by atoms with Gasteiger partial charge in [0, 0.05) is 20.4 Å². The van der Waals surface area contributed by atoms with Crippen molar-refractivity contribution in [2.75, 3.05) is 16.0 Å². The highest BCUT2D eigenvalue weighted by molar-refractivity contribution is 8.00. The molecule has 0 aliphatic carbocycles. The summed E-state index contributed by atoms with van der Waals surface area (Å²) in [6.45, 7) is 0. The van der Waals surface area contributed by atoms with E-state index in [4.69, 9.17) is 0 Å². The summed E-state index contributed by atoms with van der Waals surface area (Å²) in [6, 6.07) is 28.8. The monoisotopic (exact) mass is 486 g/mol. The molecule has 4 nitrogen and oxygen atoms in total. The minimum Gasteiger partial charge on any atom is -0.322 e. The Hall–Kier alpha value is -3.55. The lowest BCUT2D eigenvalue weighted by Crippen LogP contribution is -2.29. The zero-order valence-corrected chi connectivity index (χ0v) is 19.5. The zero-order chi connectivity index (χ0) is 23.5. The van der Waals surface area contributed by atoms with Gasteiger partial charge < -0.3 is 5.32 Å². The molecule has 0 unspecified atom stereocenters. The van der Waals surface area contributed by atoms with E-state index in [1.165, 1.54) is 30.0 Å². The summed E-state index contributed by atoms with van der Waals surface area (Å²) >= 11 is 3.05. The number of fused-ring (bicyclic) bond motifs is 2. The van der Waals surface area contributed by atoms with Gasteiger partial charge in [-0.25, -0.2) is 4.39 Å². The molecule has 1 N–H and O–H groups in total. The fraction of sp³-hybridized carbons (Fsp3) is 0.0370. The molecular weight excluding hydrogens is 467 g/mol. The van der Waals surface area contributed by atoms with Crippen LogP contribution >= 0.6 is 23.5 Å². The van der Waals surface area contributed by atoms with Gasteiger partial charge in [-0.2, -0.15) is 0 Å². The number of hydrogen-bond acceptors (Lipinski definition) is 4. The number of para-hydroxylation sites is 2. The first-order valence-electron chi connectivity index (χ1n) is 10.6. The lowest BCUT2D eigenvalue weighted by atomic mass is 10.2. The molecule has 34 heavy (non-hydrogen) atoms. The minimum atomic E-state index is -0.573. The van der Waals surface area contributed by atoms with Crippen molar-refractivity contribution >= 4 is 52.4 Å². The number of benzene rings is 4. The number of anilines is 3. The second-order valence-electron chi connectivity index (χ2n) is 7.52. The quantitative estimate of drug-likeness (QED) is 0.309. The first kappa shape index (κ1) is 22.3. The van der Waals surface area contributed by atoms with E-state index in [0.717, 1.165) is 26.1 Å². The van der Waals surface area contributed by atoms with Crippen LogP contribution in [0, 0.1) is 5.82 Å². The van der Waals surface area contributed by atoms with Crippen molar-refractivity contribution in [3.63, 3.8) is 0 Å². The molecule has 2 amide bonds. The standard InChI is InChI=1S/C27H19FN2O2S2/c28-21-11-2-1-10-20(21)27(32)29-18-8-7-9-19(16-18)33-17-26(31)30-22-12-3-5-14-24(22)34-25-15-6-4-13-23(25)30/h1-16H,17H2,(H,29,32). The Bertz CT molecular complexity index is 1350. The zero-order valence-electron chi connectivity index (χ0n) is 17.9. The van der Waals surface area contributed by atoms with Crippen molar-refractivity contribution in [2.45, 2.75) is 14.7 Å². The van der Waals surface area contributed by atoms with Crippen molar-refractivity contribution in [3.8, 4) is 0 Å². The summed E-state index contributed by atoms with van der Waals surface area (Å²) in [6.07, 6.45) is 0. The van der Waals surface area contributed by atoms with Crippen LogP contribution < -0.4 is 10.2 Å². The summed E-state index contributed by atoms with van der Waals surface area (Å²) in [5.41, 5.74) is 2.28. The van der Waals surface area contributed by atoms with Crippen LogP contribution in [0.25, 0.3) is 0 Å². The number of thioether (sulfide) groups is 1. The summed E-state index contributed by atoms with van der Waals surface area (Å²) in [5, 5.41) is 2.73. The third-order valence-corrected chi connectivity index (χ3v) is 7.36. The van der Waals surface area contributed by atoms with Crippen molar-refractivity contribution in [3.05, 3.63) is 108 Å². The summed E-state index contributed by atoms with van der Waals surface area (Å²) in [4.78, 5) is 30.5. The first-order valence-corrected chi connectivity index (χ1v) is 12.4. The van der Waals surface area contributed by atoms with E-state index in [0.29, 0.717) is 5.69 Å². The third-order valence-electron chi connectivity index (χ3n) is 5.25. The van der Waals surface area contributed by atoms with Crippen LogP contribution in [0.3, 0.4) is 0 Å². The van der Waals surface area contributed by atoms with E-state index in [2.05, 4.69) is 5.32 Å². The van der Waals surface area contributed by atoms with Gasteiger partial charge in [-0.15, -0.1) is 11.8 Å². The van der Waals surface area contributed by atoms with Crippen molar-refractivity contribution in [2.24, 2.45) is 0 Å². The number of halogens is 1. The molecule has 5 rings (SSSR count). The molecule has 4 aromatic carbocycles. The maximum absolute atomic E-state index is 13.9. The Morgan fingerprint density at radius 3 is 2.18 bits per heavy atom. The van der Waals surface area contributed by atoms with Gasteiger partial charge in [-0.05, 0) is 54.6 Å². The van der Waals surface area contributed by atoms with Crippen LogP contribution in [-0.2, 0) is 4.79 Å². The number of carbonyl (C=O) groups is 2. The van der Waals surface area contributed by atoms with Crippen LogP contribution in [0.4, 0.5) is 21.5 Å². The van der Waals surface area contributed by atoms with Gasteiger partial charge >= 0.3 is 0 Å². The van der Waals surface area contributed by atoms with E-state index in [-0.39, 0.29) is 17.2 Å². The Kier molecular flexibility index (Phi) is 6.38. The van der Waals surface area contributed by atoms with E-state index in [1.54, 1.807) is 40.9 Å². The number of hydrogen-bond donors (Lipinski definition) is 1. The molecule has 1 heterocycles. The molecule has 0 aromatic heterocycles. The van der Waals surface area contributed by atoms with Crippen molar-refractivity contribution in [1.29, 1.82) is 0 Å². The van der Waals surface area contributed by atoms with Crippen LogP contribution in [0.5, 0.6) is 0 Å². The number of nitrogens with one attached hydrogen (secondary N) is 1. The van der Waals surface area contributed by atoms with Crippen LogP contribution in [-0.4, -0.2) is 17.6 Å². The number of carbonyl (C=O) groups excluding carboxylic acids is 2. The fourth-order valence-electron chi connectivity index (χ4n) is 3.69. The normalized spacial score (nSPS) is 12.0. The summed E-state index contributed by atoms with van der Waals surface area (Å²) in [5.74, 6) is -0.907. The lowest BCUT2D eigenvalue weighted by Gasteiger charge is -2.31. The molecule has 0 saturated heterocycles. The van der Waals surface area contributed by atoms with Gasteiger partial charge in [0.15, 0.2) is 0 Å². The second-order valence-corrected chi connectivity index (χ2v) is 9.65. The molecule has 0 atom stereocenters. The van der Waals surface area contributed by atoms with E-state index >= 15 is 0 Å². The van der Waals surface area contributed by atoms with Gasteiger partial charge in [0.1, 0.15) is 5.82 Å². The predicted molar refractivity (Wildman–Crippen MR) is 136 cm³/mol. The Balaban J connectivity index is 1.31. The van der Waals surface area contributed by atoms with Crippen LogP contribution in [0.1, 0.15) is 10.4 Å². The van der Waals surface area contributed by atoms with Crippen LogP contribution in [0.15, 0.2) is 112 Å². The molecule has 1 aliphatic rings. The van der Waals surface area contributed by atoms with Gasteiger partial charge in [-0.3, -0.25) is 14.5 Å². The Labute approximate surface area is 205 Å². The predicted octanol–water partition coefficient (Wildman–Crippen LogP) is 7.00. The molecule has 7 heteroatoms. The minimum absolute atomic E-state index is 0.0176. The van der Waals surface area contributed by atoms with Crippen molar-refractivity contribution in [1.82, 2.24) is 0 Å². The average molecular weight is 487 g/mol. The Morgan fingerprint density at radius 2 is 1.47 bits per heavy atom. The number of rotatable bonds is 5. The molecule has 168 valence electrons. The van der Waals surface area contributed by atoms with E-state index in [9.17, 15) is 14.0 Å². The third kappa shape index (κ3) is 4.58. The fourth-order valence-corrected chi connectivity index (χ4v) is 5.55. The first-order chi connectivity index (χ1) is 16.6. The maximum atomic E-state index is 13.9. The van der Waals surface area contributed by atoms with Gasteiger partial charge in [0.05, 0.1) is 22.7 Å². The second kappa shape index (κ2) is 9.75. The van der Waals surface area contributed by atoms with Gasteiger partial charge in [0.25, 0.3) is 5.91 Å². The number of amides is 2.